The lowest BCUT2D eigenvalue weighted by atomic mass is 10.2. The Morgan fingerprint density at radius 3 is 2.70 bits per heavy atom. The number of fused-ring (bicyclic) bond motifs is 1. The predicted molar refractivity (Wildman–Crippen MR) is 72.0 cm³/mol. The molecule has 0 fully saturated rings. The third-order valence-electron chi connectivity index (χ3n) is 2.93. The fourth-order valence-corrected chi connectivity index (χ4v) is 3.30. The topological polar surface area (TPSA) is 82.2 Å². The van der Waals surface area contributed by atoms with E-state index < -0.39 is 15.6 Å². The molecule has 0 amide bonds. The van der Waals surface area contributed by atoms with E-state index in [0.29, 0.717) is 16.8 Å². The van der Waals surface area contributed by atoms with E-state index in [4.69, 9.17) is 4.42 Å². The van der Waals surface area contributed by atoms with Gasteiger partial charge in [-0.15, -0.1) is 0 Å². The van der Waals surface area contributed by atoms with Gasteiger partial charge in [-0.3, -0.25) is 0 Å². The van der Waals surface area contributed by atoms with Crippen LogP contribution < -0.4 is 5.63 Å². The maximum atomic E-state index is 12.5. The van der Waals surface area contributed by atoms with Crippen molar-refractivity contribution in [3.63, 3.8) is 0 Å². The lowest BCUT2D eigenvalue weighted by molar-refractivity contribution is 0.560. The lowest BCUT2D eigenvalue weighted by Crippen LogP contribution is -2.13. The molecule has 3 aromatic rings. The fraction of sp³-hybridized carbons (Fsp3) is 0.0769. The van der Waals surface area contributed by atoms with E-state index in [1.165, 1.54) is 42.7 Å². The van der Waals surface area contributed by atoms with Gasteiger partial charge in [0.2, 0.25) is 0 Å². The number of imidazole rings is 1. The molecule has 0 saturated carbocycles. The molecule has 0 radical (unpaired) electrons. The summed E-state index contributed by atoms with van der Waals surface area (Å²) in [4.78, 5) is 15.1. The Morgan fingerprint density at radius 2 is 2.00 bits per heavy atom. The minimum atomic E-state index is -3.69. The first kappa shape index (κ1) is 12.6. The molecule has 0 saturated heterocycles. The first-order valence-corrected chi connectivity index (χ1v) is 7.22. The summed E-state index contributed by atoms with van der Waals surface area (Å²) in [7, 11) is -3.69. The van der Waals surface area contributed by atoms with Crippen LogP contribution in [0.1, 0.15) is 5.82 Å². The van der Waals surface area contributed by atoms with E-state index in [0.717, 1.165) is 3.97 Å². The number of hydrogen-bond donors (Lipinski definition) is 0. The van der Waals surface area contributed by atoms with Crippen LogP contribution in [0, 0.1) is 6.92 Å². The summed E-state index contributed by atoms with van der Waals surface area (Å²) in [5, 5.41) is 0.545. The van der Waals surface area contributed by atoms with Gasteiger partial charge in [-0.1, -0.05) is 0 Å². The first-order valence-electron chi connectivity index (χ1n) is 5.78. The normalized spacial score (nSPS) is 11.8. The molecule has 0 atom stereocenters. The van der Waals surface area contributed by atoms with E-state index in [9.17, 15) is 13.2 Å². The maximum absolute atomic E-state index is 12.5. The third-order valence-corrected chi connectivity index (χ3v) is 4.68. The van der Waals surface area contributed by atoms with Crippen molar-refractivity contribution < 1.29 is 12.8 Å². The number of hydrogen-bond acceptors (Lipinski definition) is 5. The first-order chi connectivity index (χ1) is 9.48. The Labute approximate surface area is 114 Å². The number of aryl methyl sites for hydroxylation is 1. The highest BCUT2D eigenvalue weighted by Gasteiger charge is 2.19. The summed E-state index contributed by atoms with van der Waals surface area (Å²) in [6.45, 7) is 1.61. The molecule has 0 aliphatic carbocycles. The quantitative estimate of drug-likeness (QED) is 0.668. The molecule has 1 aromatic carbocycles. The largest absolute Gasteiger partial charge is 0.423 e. The maximum Gasteiger partial charge on any atom is 0.336 e. The van der Waals surface area contributed by atoms with E-state index in [-0.39, 0.29) is 4.90 Å². The van der Waals surface area contributed by atoms with Gasteiger partial charge in [0, 0.05) is 23.8 Å². The molecule has 2 heterocycles. The predicted octanol–water partition coefficient (Wildman–Crippen LogP) is 1.53. The Morgan fingerprint density at radius 1 is 1.20 bits per heavy atom. The number of nitrogens with zero attached hydrogens (tertiary/aromatic N) is 2. The smallest absolute Gasteiger partial charge is 0.336 e. The zero-order valence-corrected chi connectivity index (χ0v) is 11.3. The number of rotatable bonds is 2. The minimum absolute atomic E-state index is 0.111. The Bertz CT molecular complexity index is 954. The van der Waals surface area contributed by atoms with Crippen LogP contribution in [0.3, 0.4) is 0 Å². The van der Waals surface area contributed by atoms with E-state index in [1.54, 1.807) is 6.92 Å². The standard InChI is InChI=1S/C13H10N2O4S/c1-9-14-6-7-15(9)20(17,18)11-3-4-12-10(8-11)2-5-13(16)19-12/h2-8H,1H3. The van der Waals surface area contributed by atoms with Crippen LogP contribution in [0.5, 0.6) is 0 Å². The molecule has 0 aliphatic rings. The molecule has 102 valence electrons. The summed E-state index contributed by atoms with van der Waals surface area (Å²) in [5.74, 6) is 0.379. The molecule has 0 unspecified atom stereocenters. The van der Waals surface area contributed by atoms with Crippen molar-refractivity contribution in [2.45, 2.75) is 11.8 Å². The molecule has 0 aliphatic heterocycles. The average molecular weight is 290 g/mol. The highest BCUT2D eigenvalue weighted by molar-refractivity contribution is 7.90. The van der Waals surface area contributed by atoms with Crippen molar-refractivity contribution in [2.24, 2.45) is 0 Å². The van der Waals surface area contributed by atoms with Crippen molar-refractivity contribution >= 4 is 21.0 Å². The van der Waals surface area contributed by atoms with Gasteiger partial charge in [-0.25, -0.2) is 22.2 Å². The minimum Gasteiger partial charge on any atom is -0.423 e. The van der Waals surface area contributed by atoms with Gasteiger partial charge in [-0.05, 0) is 31.2 Å². The molecule has 7 heteroatoms. The van der Waals surface area contributed by atoms with Crippen LogP contribution >= 0.6 is 0 Å². The van der Waals surface area contributed by atoms with E-state index >= 15 is 0 Å². The SMILES string of the molecule is Cc1nccn1S(=O)(=O)c1ccc2oc(=O)ccc2c1. The summed E-state index contributed by atoms with van der Waals surface area (Å²) in [6, 6.07) is 7.12. The molecule has 0 spiro atoms. The zero-order chi connectivity index (χ0) is 14.3. The van der Waals surface area contributed by atoms with Gasteiger partial charge in [0.15, 0.2) is 0 Å². The molecule has 6 nitrogen and oxygen atoms in total. The second kappa shape index (κ2) is 4.31. The summed E-state index contributed by atoms with van der Waals surface area (Å²) in [6.07, 6.45) is 2.81. The Kier molecular flexibility index (Phi) is 2.72. The molecule has 3 rings (SSSR count). The highest BCUT2D eigenvalue weighted by atomic mass is 32.2. The van der Waals surface area contributed by atoms with E-state index in [2.05, 4.69) is 4.98 Å². The molecule has 0 N–H and O–H groups in total. The van der Waals surface area contributed by atoms with Crippen molar-refractivity contribution in [2.75, 3.05) is 0 Å². The monoisotopic (exact) mass is 290 g/mol. The number of aromatic nitrogens is 2. The third kappa shape index (κ3) is 1.92. The van der Waals surface area contributed by atoms with Crippen LogP contribution in [0.4, 0.5) is 0 Å². The van der Waals surface area contributed by atoms with Gasteiger partial charge < -0.3 is 4.42 Å². The molecular formula is C13H10N2O4S. The van der Waals surface area contributed by atoms with Gasteiger partial charge >= 0.3 is 5.63 Å². The van der Waals surface area contributed by atoms with Crippen molar-refractivity contribution in [1.82, 2.24) is 8.96 Å². The van der Waals surface area contributed by atoms with Crippen LogP contribution in [-0.4, -0.2) is 17.4 Å². The second-order valence-electron chi connectivity index (χ2n) is 4.23. The van der Waals surface area contributed by atoms with E-state index in [1.807, 2.05) is 0 Å². The molecule has 2 aromatic heterocycles. The lowest BCUT2D eigenvalue weighted by Gasteiger charge is -2.07. The zero-order valence-electron chi connectivity index (χ0n) is 10.5. The van der Waals surface area contributed by atoms with Gasteiger partial charge in [0.05, 0.1) is 4.90 Å². The summed E-state index contributed by atoms with van der Waals surface area (Å²) < 4.78 is 31.0. The molecule has 0 bridgehead atoms. The van der Waals surface area contributed by atoms with Crippen molar-refractivity contribution in [1.29, 1.82) is 0 Å². The molecule has 20 heavy (non-hydrogen) atoms. The van der Waals surface area contributed by atoms with Crippen LogP contribution in [0.25, 0.3) is 11.0 Å². The Hall–Kier alpha value is -2.41. The second-order valence-corrected chi connectivity index (χ2v) is 6.04. The average Bonchev–Trinajstić information content (AvgIpc) is 2.85. The summed E-state index contributed by atoms with van der Waals surface area (Å²) >= 11 is 0. The van der Waals surface area contributed by atoms with Gasteiger partial charge in [0.1, 0.15) is 11.4 Å². The van der Waals surface area contributed by atoms with Gasteiger partial charge in [0.25, 0.3) is 10.0 Å². The fourth-order valence-electron chi connectivity index (χ4n) is 1.94. The van der Waals surface area contributed by atoms with Crippen molar-refractivity contribution in [3.8, 4) is 0 Å². The van der Waals surface area contributed by atoms with Gasteiger partial charge in [-0.2, -0.15) is 0 Å². The summed E-state index contributed by atoms with van der Waals surface area (Å²) in [5.41, 5.74) is -0.127. The van der Waals surface area contributed by atoms with Crippen LogP contribution in [0.2, 0.25) is 0 Å². The number of benzene rings is 1. The van der Waals surface area contributed by atoms with Crippen LogP contribution in [0.15, 0.2) is 56.8 Å². The highest BCUT2D eigenvalue weighted by Crippen LogP contribution is 2.20. The molecular weight excluding hydrogens is 280 g/mol. The van der Waals surface area contributed by atoms with Crippen LogP contribution in [-0.2, 0) is 10.0 Å². The Balaban J connectivity index is 2.22. The van der Waals surface area contributed by atoms with Crippen molar-refractivity contribution in [3.05, 3.63) is 59.0 Å².